The molecule has 1 aliphatic rings. The molecule has 18 heavy (non-hydrogen) atoms. The van der Waals surface area contributed by atoms with Gasteiger partial charge in [0.2, 0.25) is 0 Å². The van der Waals surface area contributed by atoms with E-state index in [1.807, 2.05) is 6.92 Å². The lowest BCUT2D eigenvalue weighted by Gasteiger charge is -2.38. The van der Waals surface area contributed by atoms with E-state index in [1.54, 1.807) is 11.8 Å². The summed E-state index contributed by atoms with van der Waals surface area (Å²) < 4.78 is 0. The lowest BCUT2D eigenvalue weighted by Crippen LogP contribution is -2.55. The van der Waals surface area contributed by atoms with Crippen molar-refractivity contribution < 1.29 is 20.1 Å². The minimum atomic E-state index is -0.811. The zero-order valence-electron chi connectivity index (χ0n) is 10.8. The molecule has 3 atom stereocenters. The van der Waals surface area contributed by atoms with Gasteiger partial charge in [-0.3, -0.25) is 4.79 Å². The Morgan fingerprint density at radius 1 is 1.61 bits per heavy atom. The zero-order valence-corrected chi connectivity index (χ0v) is 11.6. The van der Waals surface area contributed by atoms with Gasteiger partial charge in [0.05, 0.1) is 12.7 Å². The van der Waals surface area contributed by atoms with Crippen LogP contribution in [0.4, 0.5) is 0 Å². The van der Waals surface area contributed by atoms with Gasteiger partial charge < -0.3 is 20.6 Å². The molecule has 0 bridgehead atoms. The number of carboxylic acids is 1. The van der Waals surface area contributed by atoms with Crippen LogP contribution in [-0.4, -0.2) is 57.1 Å². The highest BCUT2D eigenvalue weighted by Crippen LogP contribution is 2.35. The largest absolute Gasteiger partial charge is 0.480 e. The Balaban J connectivity index is 2.55. The smallest absolute Gasteiger partial charge is 0.323 e. The minimum absolute atomic E-state index is 0.232. The fraction of sp³-hybridized carbons (Fsp3) is 0.917. The molecule has 0 radical (unpaired) electrons. The second-order valence-corrected chi connectivity index (χ2v) is 6.14. The van der Waals surface area contributed by atoms with Crippen molar-refractivity contribution in [2.75, 3.05) is 18.9 Å². The molecule has 0 spiro atoms. The molecule has 106 valence electrons. The summed E-state index contributed by atoms with van der Waals surface area (Å²) in [5.41, 5.74) is -0.811. The number of aliphatic carboxylic acids is 1. The fourth-order valence-corrected chi connectivity index (χ4v) is 3.77. The standard InChI is InChI=1S/C12H23NO4S/c1-2-13-12(11(16)17)5-3-4-10(6-12)18-8-9(15)7-14/h9-10,13-15H,2-8H2,1H3,(H,16,17). The van der Waals surface area contributed by atoms with Crippen molar-refractivity contribution in [2.24, 2.45) is 0 Å². The van der Waals surface area contributed by atoms with Crippen LogP contribution in [0.2, 0.25) is 0 Å². The maximum Gasteiger partial charge on any atom is 0.323 e. The van der Waals surface area contributed by atoms with Crippen molar-refractivity contribution in [3.05, 3.63) is 0 Å². The highest BCUT2D eigenvalue weighted by Gasteiger charge is 2.42. The van der Waals surface area contributed by atoms with E-state index in [0.29, 0.717) is 25.1 Å². The summed E-state index contributed by atoms with van der Waals surface area (Å²) in [6, 6.07) is 0. The van der Waals surface area contributed by atoms with Crippen LogP contribution in [0.15, 0.2) is 0 Å². The summed E-state index contributed by atoms with van der Waals surface area (Å²) in [7, 11) is 0. The number of rotatable bonds is 7. The van der Waals surface area contributed by atoms with E-state index in [9.17, 15) is 15.0 Å². The van der Waals surface area contributed by atoms with Crippen molar-refractivity contribution in [2.45, 2.75) is 49.5 Å². The predicted octanol–water partition coefficient (Wildman–Crippen LogP) is 0.448. The second-order valence-electron chi connectivity index (χ2n) is 4.81. The number of thioether (sulfide) groups is 1. The van der Waals surface area contributed by atoms with Crippen molar-refractivity contribution >= 4 is 17.7 Å². The summed E-state index contributed by atoms with van der Waals surface area (Å²) in [4.78, 5) is 11.4. The molecule has 0 saturated heterocycles. The Labute approximate surface area is 112 Å². The third kappa shape index (κ3) is 4.12. The summed E-state index contributed by atoms with van der Waals surface area (Å²) in [5.74, 6) is -0.319. The number of aliphatic hydroxyl groups is 2. The Hall–Kier alpha value is -0.300. The van der Waals surface area contributed by atoms with Gasteiger partial charge in [0.1, 0.15) is 5.54 Å². The number of aliphatic hydroxyl groups excluding tert-OH is 2. The van der Waals surface area contributed by atoms with Crippen LogP contribution >= 0.6 is 11.8 Å². The van der Waals surface area contributed by atoms with Crippen molar-refractivity contribution in [1.82, 2.24) is 5.32 Å². The van der Waals surface area contributed by atoms with Gasteiger partial charge in [-0.25, -0.2) is 0 Å². The first-order valence-electron chi connectivity index (χ1n) is 6.43. The molecular weight excluding hydrogens is 254 g/mol. The lowest BCUT2D eigenvalue weighted by molar-refractivity contribution is -0.146. The Kier molecular flexibility index (Phi) is 6.42. The Bertz CT molecular complexity index is 273. The maximum atomic E-state index is 11.4. The number of nitrogens with one attached hydrogen (secondary N) is 1. The van der Waals surface area contributed by atoms with Crippen LogP contribution in [0.5, 0.6) is 0 Å². The molecule has 0 aromatic rings. The average Bonchev–Trinajstić information content (AvgIpc) is 2.36. The molecular formula is C12H23NO4S. The van der Waals surface area contributed by atoms with E-state index in [2.05, 4.69) is 5.32 Å². The molecule has 0 heterocycles. The first-order valence-corrected chi connectivity index (χ1v) is 7.48. The molecule has 1 aliphatic carbocycles. The van der Waals surface area contributed by atoms with Crippen LogP contribution in [0.1, 0.15) is 32.6 Å². The molecule has 0 aromatic heterocycles. The van der Waals surface area contributed by atoms with E-state index < -0.39 is 17.6 Å². The molecule has 1 saturated carbocycles. The normalized spacial score (nSPS) is 30.1. The van der Waals surface area contributed by atoms with Gasteiger partial charge in [-0.15, -0.1) is 0 Å². The average molecular weight is 277 g/mol. The second kappa shape index (κ2) is 7.33. The molecule has 3 unspecified atom stereocenters. The number of carboxylic acid groups (broad SMARTS) is 1. The monoisotopic (exact) mass is 277 g/mol. The van der Waals surface area contributed by atoms with Crippen LogP contribution in [0.3, 0.4) is 0 Å². The predicted molar refractivity (Wildman–Crippen MR) is 71.9 cm³/mol. The maximum absolute atomic E-state index is 11.4. The summed E-state index contributed by atoms with van der Waals surface area (Å²) in [6.45, 7) is 2.32. The van der Waals surface area contributed by atoms with Crippen LogP contribution in [0, 0.1) is 0 Å². The highest BCUT2D eigenvalue weighted by atomic mass is 32.2. The van der Waals surface area contributed by atoms with E-state index in [-0.39, 0.29) is 11.9 Å². The molecule has 6 heteroatoms. The van der Waals surface area contributed by atoms with Gasteiger partial charge in [0, 0.05) is 11.0 Å². The molecule has 1 fully saturated rings. The summed E-state index contributed by atoms with van der Waals surface area (Å²) >= 11 is 1.56. The molecule has 0 amide bonds. The molecule has 5 nitrogen and oxygen atoms in total. The van der Waals surface area contributed by atoms with E-state index in [4.69, 9.17) is 5.11 Å². The van der Waals surface area contributed by atoms with Gasteiger partial charge in [0.15, 0.2) is 0 Å². The van der Waals surface area contributed by atoms with Crippen LogP contribution in [-0.2, 0) is 4.79 Å². The lowest BCUT2D eigenvalue weighted by atomic mass is 9.81. The SMILES string of the molecule is CCNC1(C(=O)O)CCCC(SCC(O)CO)C1. The molecule has 0 aromatic carbocycles. The van der Waals surface area contributed by atoms with E-state index in [1.165, 1.54) is 0 Å². The third-order valence-electron chi connectivity index (χ3n) is 3.37. The fourth-order valence-electron chi connectivity index (χ4n) is 2.44. The molecule has 0 aliphatic heterocycles. The van der Waals surface area contributed by atoms with Crippen molar-refractivity contribution in [3.63, 3.8) is 0 Å². The van der Waals surface area contributed by atoms with Gasteiger partial charge in [-0.1, -0.05) is 6.92 Å². The van der Waals surface area contributed by atoms with E-state index >= 15 is 0 Å². The highest BCUT2D eigenvalue weighted by molar-refractivity contribution is 7.99. The first kappa shape index (κ1) is 15.8. The summed E-state index contributed by atoms with van der Waals surface area (Å²) in [6.07, 6.45) is 2.39. The molecule has 1 rings (SSSR count). The molecule has 4 N–H and O–H groups in total. The topological polar surface area (TPSA) is 89.8 Å². The quantitative estimate of drug-likeness (QED) is 0.540. The van der Waals surface area contributed by atoms with Gasteiger partial charge in [-0.05, 0) is 32.2 Å². The first-order chi connectivity index (χ1) is 8.54. The van der Waals surface area contributed by atoms with Gasteiger partial charge in [0.25, 0.3) is 0 Å². The summed E-state index contributed by atoms with van der Waals surface area (Å²) in [5, 5.41) is 30.8. The Morgan fingerprint density at radius 3 is 2.89 bits per heavy atom. The zero-order chi connectivity index (χ0) is 13.6. The number of carbonyl (C=O) groups is 1. The van der Waals surface area contributed by atoms with Crippen LogP contribution in [0.25, 0.3) is 0 Å². The number of likely N-dealkylation sites (N-methyl/N-ethyl adjacent to an activating group) is 1. The van der Waals surface area contributed by atoms with E-state index in [0.717, 1.165) is 12.8 Å². The van der Waals surface area contributed by atoms with Gasteiger partial charge >= 0.3 is 5.97 Å². The van der Waals surface area contributed by atoms with Crippen molar-refractivity contribution in [3.8, 4) is 0 Å². The third-order valence-corrected chi connectivity index (χ3v) is 4.82. The van der Waals surface area contributed by atoms with Gasteiger partial charge in [-0.2, -0.15) is 11.8 Å². The van der Waals surface area contributed by atoms with Crippen LogP contribution < -0.4 is 5.32 Å². The minimum Gasteiger partial charge on any atom is -0.480 e. The van der Waals surface area contributed by atoms with Crippen molar-refractivity contribution in [1.29, 1.82) is 0 Å². The number of hydrogen-bond donors (Lipinski definition) is 4. The number of hydrogen-bond acceptors (Lipinski definition) is 5. The Morgan fingerprint density at radius 2 is 2.33 bits per heavy atom.